The first-order valence-electron chi connectivity index (χ1n) is 5.98. The summed E-state index contributed by atoms with van der Waals surface area (Å²) in [6.45, 7) is 3.24. The van der Waals surface area contributed by atoms with E-state index in [0.29, 0.717) is 6.54 Å². The van der Waals surface area contributed by atoms with E-state index in [2.05, 4.69) is 33.5 Å². The summed E-state index contributed by atoms with van der Waals surface area (Å²) >= 11 is 3.39. The van der Waals surface area contributed by atoms with Crippen LogP contribution in [0.3, 0.4) is 0 Å². The molecule has 0 saturated heterocycles. The number of anilines is 1. The van der Waals surface area contributed by atoms with Crippen molar-refractivity contribution in [2.75, 3.05) is 18.4 Å². The highest BCUT2D eigenvalue weighted by molar-refractivity contribution is 9.10. The minimum atomic E-state index is 0.0427. The molecule has 94 valence electrons. The summed E-state index contributed by atoms with van der Waals surface area (Å²) in [5.74, 6) is 0.0427. The average Bonchev–Trinajstić information content (AvgIpc) is 2.32. The van der Waals surface area contributed by atoms with Crippen LogP contribution in [-0.2, 0) is 4.79 Å². The van der Waals surface area contributed by atoms with Gasteiger partial charge in [-0.3, -0.25) is 4.79 Å². The van der Waals surface area contributed by atoms with E-state index in [1.165, 1.54) is 12.8 Å². The molecule has 0 aliphatic carbocycles. The van der Waals surface area contributed by atoms with Crippen LogP contribution in [0.5, 0.6) is 0 Å². The summed E-state index contributed by atoms with van der Waals surface area (Å²) in [4.78, 5) is 11.5. The largest absolute Gasteiger partial charge is 0.376 e. The van der Waals surface area contributed by atoms with E-state index >= 15 is 0 Å². The number of halogens is 1. The fraction of sp³-hybridized carbons (Fsp3) is 0.462. The molecule has 17 heavy (non-hydrogen) atoms. The summed E-state index contributed by atoms with van der Waals surface area (Å²) in [6.07, 6.45) is 3.39. The number of benzene rings is 1. The molecule has 0 aliphatic heterocycles. The van der Waals surface area contributed by atoms with Crippen molar-refractivity contribution in [1.82, 2.24) is 5.32 Å². The molecule has 0 saturated carbocycles. The van der Waals surface area contributed by atoms with E-state index < -0.39 is 0 Å². The quantitative estimate of drug-likeness (QED) is 0.759. The van der Waals surface area contributed by atoms with Gasteiger partial charge in [0.15, 0.2) is 0 Å². The average molecular weight is 299 g/mol. The maximum absolute atomic E-state index is 11.5. The predicted molar refractivity (Wildman–Crippen MR) is 75.2 cm³/mol. The predicted octanol–water partition coefficient (Wildman–Crippen LogP) is 3.17. The van der Waals surface area contributed by atoms with Crippen molar-refractivity contribution in [2.24, 2.45) is 0 Å². The Bertz CT molecular complexity index is 355. The van der Waals surface area contributed by atoms with Crippen molar-refractivity contribution in [1.29, 1.82) is 0 Å². The Labute approximate surface area is 111 Å². The fourth-order valence-corrected chi connectivity index (χ4v) is 1.85. The zero-order valence-electron chi connectivity index (χ0n) is 10.1. The molecule has 2 N–H and O–H groups in total. The normalized spacial score (nSPS) is 10.0. The molecule has 0 unspecified atom stereocenters. The van der Waals surface area contributed by atoms with Crippen LogP contribution in [0.2, 0.25) is 0 Å². The van der Waals surface area contributed by atoms with Gasteiger partial charge in [0.2, 0.25) is 5.91 Å². The van der Waals surface area contributed by atoms with Gasteiger partial charge in [-0.2, -0.15) is 0 Å². The van der Waals surface area contributed by atoms with Crippen LogP contribution in [0, 0.1) is 0 Å². The first kappa shape index (κ1) is 14.0. The lowest BCUT2D eigenvalue weighted by Gasteiger charge is -2.07. The molecule has 0 aromatic heterocycles. The third-order valence-electron chi connectivity index (χ3n) is 2.38. The maximum atomic E-state index is 11.5. The molecule has 0 spiro atoms. The van der Waals surface area contributed by atoms with Gasteiger partial charge in [-0.25, -0.2) is 0 Å². The van der Waals surface area contributed by atoms with Crippen molar-refractivity contribution in [3.63, 3.8) is 0 Å². The molecule has 4 heteroatoms. The lowest BCUT2D eigenvalue weighted by molar-refractivity contribution is -0.119. The Morgan fingerprint density at radius 2 is 2.18 bits per heavy atom. The van der Waals surface area contributed by atoms with Gasteiger partial charge >= 0.3 is 0 Å². The smallest absolute Gasteiger partial charge is 0.239 e. The van der Waals surface area contributed by atoms with Crippen molar-refractivity contribution >= 4 is 27.5 Å². The van der Waals surface area contributed by atoms with Crippen molar-refractivity contribution in [3.8, 4) is 0 Å². The second-order valence-electron chi connectivity index (χ2n) is 3.92. The molecule has 0 aliphatic rings. The molecule has 0 fully saturated rings. The van der Waals surface area contributed by atoms with Gasteiger partial charge in [0.05, 0.1) is 6.54 Å². The topological polar surface area (TPSA) is 41.1 Å². The number of carbonyl (C=O) groups is 1. The first-order chi connectivity index (χ1) is 8.22. The Morgan fingerprint density at radius 1 is 1.35 bits per heavy atom. The summed E-state index contributed by atoms with van der Waals surface area (Å²) in [6, 6.07) is 7.78. The number of hydrogen-bond donors (Lipinski definition) is 2. The molecule has 1 rings (SSSR count). The van der Waals surface area contributed by atoms with Gasteiger partial charge in [-0.05, 0) is 24.6 Å². The number of unbranched alkanes of at least 4 members (excludes halogenated alkanes) is 2. The van der Waals surface area contributed by atoms with Gasteiger partial charge in [-0.1, -0.05) is 41.8 Å². The van der Waals surface area contributed by atoms with Crippen molar-refractivity contribution < 1.29 is 4.79 Å². The molecule has 0 heterocycles. The second kappa shape index (κ2) is 8.12. The standard InChI is InChI=1S/C13H19BrN2O/c1-2-3-4-8-15-13(17)10-16-12-7-5-6-11(14)9-12/h5-7,9,16H,2-4,8,10H2,1H3,(H,15,17). The van der Waals surface area contributed by atoms with Crippen molar-refractivity contribution in [2.45, 2.75) is 26.2 Å². The zero-order valence-corrected chi connectivity index (χ0v) is 11.7. The van der Waals surface area contributed by atoms with E-state index in [4.69, 9.17) is 0 Å². The molecular weight excluding hydrogens is 280 g/mol. The number of carbonyl (C=O) groups excluding carboxylic acids is 1. The summed E-state index contributed by atoms with van der Waals surface area (Å²) in [5.41, 5.74) is 0.947. The van der Waals surface area contributed by atoms with E-state index in [9.17, 15) is 4.79 Å². The molecule has 0 radical (unpaired) electrons. The Hall–Kier alpha value is -1.03. The van der Waals surface area contributed by atoms with Crippen LogP contribution in [0.25, 0.3) is 0 Å². The third kappa shape index (κ3) is 6.31. The van der Waals surface area contributed by atoms with E-state index in [1.54, 1.807) is 0 Å². The van der Waals surface area contributed by atoms with Crippen LogP contribution in [0.1, 0.15) is 26.2 Å². The number of hydrogen-bond acceptors (Lipinski definition) is 2. The van der Waals surface area contributed by atoms with Crippen LogP contribution < -0.4 is 10.6 Å². The maximum Gasteiger partial charge on any atom is 0.239 e. The van der Waals surface area contributed by atoms with E-state index in [1.807, 2.05) is 24.3 Å². The van der Waals surface area contributed by atoms with Gasteiger partial charge in [0.1, 0.15) is 0 Å². The molecule has 0 bridgehead atoms. The highest BCUT2D eigenvalue weighted by atomic mass is 79.9. The van der Waals surface area contributed by atoms with Crippen molar-refractivity contribution in [3.05, 3.63) is 28.7 Å². The zero-order chi connectivity index (χ0) is 12.5. The SMILES string of the molecule is CCCCCNC(=O)CNc1cccc(Br)c1. The minimum absolute atomic E-state index is 0.0427. The fourth-order valence-electron chi connectivity index (χ4n) is 1.45. The Kier molecular flexibility index (Phi) is 6.70. The molecule has 1 aromatic rings. The molecule has 1 amide bonds. The molecular formula is C13H19BrN2O. The van der Waals surface area contributed by atoms with E-state index in [-0.39, 0.29) is 5.91 Å². The lowest BCUT2D eigenvalue weighted by atomic mass is 10.2. The second-order valence-corrected chi connectivity index (χ2v) is 4.84. The summed E-state index contributed by atoms with van der Waals surface area (Å²) in [7, 11) is 0. The summed E-state index contributed by atoms with van der Waals surface area (Å²) in [5, 5.41) is 5.97. The molecule has 0 atom stereocenters. The van der Waals surface area contributed by atoms with Crippen LogP contribution >= 0.6 is 15.9 Å². The van der Waals surface area contributed by atoms with Gasteiger partial charge in [-0.15, -0.1) is 0 Å². The highest BCUT2D eigenvalue weighted by Crippen LogP contribution is 2.15. The summed E-state index contributed by atoms with van der Waals surface area (Å²) < 4.78 is 1.01. The number of nitrogens with one attached hydrogen (secondary N) is 2. The van der Waals surface area contributed by atoms with Gasteiger partial charge < -0.3 is 10.6 Å². The van der Waals surface area contributed by atoms with Crippen LogP contribution in [0.4, 0.5) is 5.69 Å². The molecule has 3 nitrogen and oxygen atoms in total. The minimum Gasteiger partial charge on any atom is -0.376 e. The Morgan fingerprint density at radius 3 is 2.88 bits per heavy atom. The lowest BCUT2D eigenvalue weighted by Crippen LogP contribution is -2.30. The number of amides is 1. The first-order valence-corrected chi connectivity index (χ1v) is 6.78. The van der Waals surface area contributed by atoms with Gasteiger partial charge in [0.25, 0.3) is 0 Å². The van der Waals surface area contributed by atoms with Crippen LogP contribution in [-0.4, -0.2) is 19.0 Å². The highest BCUT2D eigenvalue weighted by Gasteiger charge is 2.00. The third-order valence-corrected chi connectivity index (χ3v) is 2.87. The Balaban J connectivity index is 2.19. The van der Waals surface area contributed by atoms with E-state index in [0.717, 1.165) is 23.1 Å². The van der Waals surface area contributed by atoms with Gasteiger partial charge in [0, 0.05) is 16.7 Å². The number of rotatable bonds is 7. The van der Waals surface area contributed by atoms with Crippen LogP contribution in [0.15, 0.2) is 28.7 Å². The molecule has 1 aromatic carbocycles. The monoisotopic (exact) mass is 298 g/mol.